The summed E-state index contributed by atoms with van der Waals surface area (Å²) in [5, 5.41) is 21.5. The number of benzene rings is 1. The molecule has 0 aromatic heterocycles. The fourth-order valence-electron chi connectivity index (χ4n) is 1.58. The minimum atomic E-state index is -1.42. The van der Waals surface area contributed by atoms with E-state index < -0.39 is 51.6 Å². The third-order valence-corrected chi connectivity index (χ3v) is 2.70. The number of hydrogen-bond donors (Lipinski definition) is 2. The molecule has 0 bridgehead atoms. The molecule has 0 spiro atoms. The molecular weight excluding hydrogens is 290 g/mol. The Morgan fingerprint density at radius 1 is 1.29 bits per heavy atom. The number of nitro groups is 1. The lowest BCUT2D eigenvalue weighted by Gasteiger charge is -2.18. The van der Waals surface area contributed by atoms with Crippen LogP contribution < -0.4 is 5.32 Å². The van der Waals surface area contributed by atoms with Crippen molar-refractivity contribution in [3.8, 4) is 0 Å². The summed E-state index contributed by atoms with van der Waals surface area (Å²) in [7, 11) is 0. The number of nitrogens with zero attached hydrogens (tertiary/aromatic N) is 1. The number of amides is 1. The van der Waals surface area contributed by atoms with Crippen LogP contribution in [0.2, 0.25) is 0 Å². The van der Waals surface area contributed by atoms with Gasteiger partial charge in [0.25, 0.3) is 5.91 Å². The van der Waals surface area contributed by atoms with Gasteiger partial charge in [-0.3, -0.25) is 14.9 Å². The number of halogens is 2. The number of aliphatic carboxylic acids is 1. The molecule has 0 heterocycles. The molecule has 1 amide bonds. The topological polar surface area (TPSA) is 110 Å². The highest BCUT2D eigenvalue weighted by atomic mass is 19.1. The standard InChI is InChI=1S/C12H12F2N2O5/c1-5(2)10(12(18)19)15-11(17)6-3-9(16(20)21)8(14)4-7(6)13/h3-5,10H,1-2H3,(H,15,17)(H,18,19). The molecule has 0 saturated heterocycles. The molecular formula is C12H12F2N2O5. The summed E-state index contributed by atoms with van der Waals surface area (Å²) < 4.78 is 26.7. The Bertz CT molecular complexity index is 604. The van der Waals surface area contributed by atoms with Gasteiger partial charge in [0.15, 0.2) is 0 Å². The molecule has 21 heavy (non-hydrogen) atoms. The molecule has 1 aromatic rings. The van der Waals surface area contributed by atoms with E-state index in [1.807, 2.05) is 5.32 Å². The molecule has 7 nitrogen and oxygen atoms in total. The first-order chi connectivity index (χ1) is 9.65. The van der Waals surface area contributed by atoms with E-state index in [2.05, 4.69) is 0 Å². The van der Waals surface area contributed by atoms with Crippen LogP contribution in [-0.4, -0.2) is 27.9 Å². The molecule has 0 radical (unpaired) electrons. The third-order valence-electron chi connectivity index (χ3n) is 2.70. The molecule has 1 aromatic carbocycles. The van der Waals surface area contributed by atoms with Gasteiger partial charge in [-0.2, -0.15) is 4.39 Å². The van der Waals surface area contributed by atoms with E-state index in [9.17, 15) is 28.5 Å². The average Bonchev–Trinajstić information content (AvgIpc) is 2.34. The zero-order valence-corrected chi connectivity index (χ0v) is 11.1. The Morgan fingerprint density at radius 3 is 2.29 bits per heavy atom. The van der Waals surface area contributed by atoms with Crippen LogP contribution in [0.5, 0.6) is 0 Å². The van der Waals surface area contributed by atoms with Crippen molar-refractivity contribution in [2.45, 2.75) is 19.9 Å². The van der Waals surface area contributed by atoms with Gasteiger partial charge < -0.3 is 10.4 Å². The van der Waals surface area contributed by atoms with Crippen molar-refractivity contribution in [3.05, 3.63) is 39.4 Å². The predicted molar refractivity (Wildman–Crippen MR) is 66.7 cm³/mol. The van der Waals surface area contributed by atoms with Gasteiger partial charge in [-0.25, -0.2) is 9.18 Å². The van der Waals surface area contributed by atoms with Gasteiger partial charge in [0.05, 0.1) is 10.5 Å². The Labute approximate surface area is 117 Å². The van der Waals surface area contributed by atoms with Gasteiger partial charge in [-0.1, -0.05) is 13.8 Å². The van der Waals surface area contributed by atoms with Crippen molar-refractivity contribution >= 4 is 17.6 Å². The van der Waals surface area contributed by atoms with Crippen molar-refractivity contribution in [3.63, 3.8) is 0 Å². The van der Waals surface area contributed by atoms with Crippen LogP contribution >= 0.6 is 0 Å². The van der Waals surface area contributed by atoms with Crippen LogP contribution in [0, 0.1) is 27.7 Å². The first-order valence-electron chi connectivity index (χ1n) is 5.82. The van der Waals surface area contributed by atoms with Crippen LogP contribution in [0.15, 0.2) is 12.1 Å². The van der Waals surface area contributed by atoms with E-state index >= 15 is 0 Å². The fraction of sp³-hybridized carbons (Fsp3) is 0.333. The van der Waals surface area contributed by atoms with Gasteiger partial charge in [-0.05, 0) is 5.92 Å². The predicted octanol–water partition coefficient (Wildman–Crippen LogP) is 1.71. The molecule has 0 aliphatic carbocycles. The molecule has 0 saturated carbocycles. The maximum absolute atomic E-state index is 13.5. The molecule has 0 aliphatic rings. The average molecular weight is 302 g/mol. The Kier molecular flexibility index (Phi) is 4.90. The molecule has 1 rings (SSSR count). The highest BCUT2D eigenvalue weighted by Gasteiger charge is 2.27. The monoisotopic (exact) mass is 302 g/mol. The van der Waals surface area contributed by atoms with Crippen LogP contribution in [0.4, 0.5) is 14.5 Å². The van der Waals surface area contributed by atoms with E-state index in [0.717, 1.165) is 0 Å². The number of carbonyl (C=O) groups is 2. The SMILES string of the molecule is CC(C)C(NC(=O)c1cc([N+](=O)[O-])c(F)cc1F)C(=O)O. The molecule has 2 N–H and O–H groups in total. The number of nitrogens with one attached hydrogen (secondary N) is 1. The van der Waals surface area contributed by atoms with E-state index in [0.29, 0.717) is 6.07 Å². The van der Waals surface area contributed by atoms with Crippen molar-refractivity contribution < 1.29 is 28.4 Å². The highest BCUT2D eigenvalue weighted by Crippen LogP contribution is 2.21. The lowest BCUT2D eigenvalue weighted by molar-refractivity contribution is -0.387. The van der Waals surface area contributed by atoms with Crippen LogP contribution in [0.25, 0.3) is 0 Å². The van der Waals surface area contributed by atoms with Crippen LogP contribution in [0.1, 0.15) is 24.2 Å². The quantitative estimate of drug-likeness (QED) is 0.635. The Hall–Kier alpha value is -2.58. The fourth-order valence-corrected chi connectivity index (χ4v) is 1.58. The second-order valence-corrected chi connectivity index (χ2v) is 4.57. The summed E-state index contributed by atoms with van der Waals surface area (Å²) in [6, 6.07) is -0.668. The summed E-state index contributed by atoms with van der Waals surface area (Å²) in [5.74, 6) is -5.74. The van der Waals surface area contributed by atoms with E-state index in [1.54, 1.807) is 0 Å². The zero-order valence-electron chi connectivity index (χ0n) is 11.1. The van der Waals surface area contributed by atoms with E-state index in [-0.39, 0.29) is 6.07 Å². The summed E-state index contributed by atoms with van der Waals surface area (Å²) in [4.78, 5) is 32.2. The molecule has 1 atom stereocenters. The second kappa shape index (κ2) is 6.25. The molecule has 9 heteroatoms. The lowest BCUT2D eigenvalue weighted by Crippen LogP contribution is -2.44. The lowest BCUT2D eigenvalue weighted by atomic mass is 10.0. The zero-order chi connectivity index (χ0) is 16.3. The van der Waals surface area contributed by atoms with Crippen molar-refractivity contribution in [2.75, 3.05) is 0 Å². The normalized spacial score (nSPS) is 12.0. The van der Waals surface area contributed by atoms with Crippen molar-refractivity contribution in [1.29, 1.82) is 0 Å². The van der Waals surface area contributed by atoms with Crippen LogP contribution in [0.3, 0.4) is 0 Å². The summed E-state index contributed by atoms with van der Waals surface area (Å²) in [6.45, 7) is 3.03. The summed E-state index contributed by atoms with van der Waals surface area (Å²) in [5.41, 5.74) is -1.87. The first kappa shape index (κ1) is 16.5. The maximum atomic E-state index is 13.5. The van der Waals surface area contributed by atoms with Gasteiger partial charge in [0.2, 0.25) is 5.82 Å². The van der Waals surface area contributed by atoms with Gasteiger partial charge in [0.1, 0.15) is 11.9 Å². The third kappa shape index (κ3) is 3.71. The van der Waals surface area contributed by atoms with Gasteiger partial charge >= 0.3 is 11.7 Å². The number of rotatable bonds is 5. The molecule has 0 aliphatic heterocycles. The minimum Gasteiger partial charge on any atom is -0.480 e. The maximum Gasteiger partial charge on any atom is 0.326 e. The van der Waals surface area contributed by atoms with Gasteiger partial charge in [0, 0.05) is 12.1 Å². The van der Waals surface area contributed by atoms with Crippen molar-refractivity contribution in [2.24, 2.45) is 5.92 Å². The highest BCUT2D eigenvalue weighted by molar-refractivity contribution is 5.97. The number of nitro benzene ring substituents is 1. The van der Waals surface area contributed by atoms with Crippen LogP contribution in [-0.2, 0) is 4.79 Å². The number of carboxylic acids is 1. The molecule has 0 fully saturated rings. The Balaban J connectivity index is 3.15. The van der Waals surface area contributed by atoms with E-state index in [1.165, 1.54) is 13.8 Å². The molecule has 114 valence electrons. The number of carbonyl (C=O) groups excluding carboxylic acids is 1. The summed E-state index contributed by atoms with van der Waals surface area (Å²) in [6.07, 6.45) is 0. The largest absolute Gasteiger partial charge is 0.480 e. The van der Waals surface area contributed by atoms with Gasteiger partial charge in [-0.15, -0.1) is 0 Å². The van der Waals surface area contributed by atoms with E-state index in [4.69, 9.17) is 5.11 Å². The number of carboxylic acid groups (broad SMARTS) is 1. The number of hydrogen-bond acceptors (Lipinski definition) is 4. The minimum absolute atomic E-state index is 0.207. The Morgan fingerprint density at radius 2 is 1.86 bits per heavy atom. The molecule has 1 unspecified atom stereocenters. The second-order valence-electron chi connectivity index (χ2n) is 4.57. The first-order valence-corrected chi connectivity index (χ1v) is 5.82. The van der Waals surface area contributed by atoms with Crippen molar-refractivity contribution in [1.82, 2.24) is 5.32 Å². The summed E-state index contributed by atoms with van der Waals surface area (Å²) >= 11 is 0. The smallest absolute Gasteiger partial charge is 0.326 e.